The number of carbonyl (C=O) groups is 2. The maximum Gasteiger partial charge on any atom is 0.411 e. The lowest BCUT2D eigenvalue weighted by molar-refractivity contribution is -0.146. The van der Waals surface area contributed by atoms with E-state index < -0.39 is 23.7 Å². The van der Waals surface area contributed by atoms with Crippen LogP contribution in [0.1, 0.15) is 53.4 Å². The first kappa shape index (κ1) is 23.1. The Balaban J connectivity index is 1.76. The Kier molecular flexibility index (Phi) is 6.92. The third-order valence-electron chi connectivity index (χ3n) is 5.76. The Morgan fingerprint density at radius 1 is 1.26 bits per heavy atom. The Morgan fingerprint density at radius 2 is 2.00 bits per heavy atom. The van der Waals surface area contributed by atoms with Crippen LogP contribution in [-0.4, -0.2) is 48.9 Å². The van der Waals surface area contributed by atoms with Crippen LogP contribution in [0.3, 0.4) is 0 Å². The molecule has 0 aromatic carbocycles. The first-order valence-corrected chi connectivity index (χ1v) is 10.8. The number of nitrogens with zero attached hydrogens (tertiary/aromatic N) is 1. The predicted octanol–water partition coefficient (Wildman–Crippen LogP) is 4.98. The molecule has 2 aliphatic carbocycles. The molecule has 0 N–H and O–H groups in total. The molecule has 2 atom stereocenters. The van der Waals surface area contributed by atoms with Crippen LogP contribution in [0.4, 0.5) is 9.18 Å². The molecule has 0 bridgehead atoms. The van der Waals surface area contributed by atoms with Gasteiger partial charge in [0.15, 0.2) is 6.04 Å². The SMILES string of the molecule is COC(=O)[C@H]1C2=CC=C(OCC3=C(F)C(C)=CCC3)CC2CCN1C(=O)OC(C)(C)C. The Labute approximate surface area is 183 Å². The lowest BCUT2D eigenvalue weighted by Crippen LogP contribution is -2.53. The molecule has 0 radical (unpaired) electrons. The number of hydrogen-bond donors (Lipinski definition) is 0. The van der Waals surface area contributed by atoms with Crippen molar-refractivity contribution in [2.75, 3.05) is 20.3 Å². The van der Waals surface area contributed by atoms with E-state index in [-0.39, 0.29) is 18.4 Å². The predicted molar refractivity (Wildman–Crippen MR) is 115 cm³/mol. The van der Waals surface area contributed by atoms with E-state index in [0.717, 1.165) is 17.8 Å². The summed E-state index contributed by atoms with van der Waals surface area (Å²) in [5.41, 5.74) is 1.51. The summed E-state index contributed by atoms with van der Waals surface area (Å²) in [6, 6.07) is -0.817. The van der Waals surface area contributed by atoms with Crippen LogP contribution in [0.25, 0.3) is 0 Å². The lowest BCUT2D eigenvalue weighted by Gasteiger charge is -2.41. The molecule has 7 heteroatoms. The van der Waals surface area contributed by atoms with E-state index in [1.807, 2.05) is 18.2 Å². The molecule has 0 spiro atoms. The molecule has 1 unspecified atom stereocenters. The van der Waals surface area contributed by atoms with Gasteiger partial charge in [0.05, 0.1) is 12.9 Å². The molecule has 1 saturated heterocycles. The second kappa shape index (κ2) is 9.28. The highest BCUT2D eigenvalue weighted by Crippen LogP contribution is 2.38. The molecule has 6 nitrogen and oxygen atoms in total. The molecule has 31 heavy (non-hydrogen) atoms. The molecule has 0 aromatic heterocycles. The van der Waals surface area contributed by atoms with E-state index in [2.05, 4.69) is 0 Å². The first-order valence-electron chi connectivity index (χ1n) is 10.8. The van der Waals surface area contributed by atoms with Gasteiger partial charge in [0.25, 0.3) is 0 Å². The Hall–Kier alpha value is -2.57. The van der Waals surface area contributed by atoms with Gasteiger partial charge in [0, 0.05) is 18.5 Å². The number of halogens is 1. The fourth-order valence-electron chi connectivity index (χ4n) is 4.20. The van der Waals surface area contributed by atoms with Gasteiger partial charge in [-0.25, -0.2) is 14.0 Å². The molecular formula is C24H32FNO5. The number of piperidine rings is 1. The zero-order chi connectivity index (χ0) is 22.8. The molecule has 170 valence electrons. The maximum absolute atomic E-state index is 14.3. The van der Waals surface area contributed by atoms with Gasteiger partial charge < -0.3 is 14.2 Å². The van der Waals surface area contributed by atoms with Crippen molar-refractivity contribution in [3.8, 4) is 0 Å². The lowest BCUT2D eigenvalue weighted by atomic mass is 9.80. The van der Waals surface area contributed by atoms with Gasteiger partial charge in [-0.05, 0) is 70.1 Å². The number of fused-ring (bicyclic) bond motifs is 1. The van der Waals surface area contributed by atoms with E-state index in [1.54, 1.807) is 27.7 Å². The monoisotopic (exact) mass is 433 g/mol. The number of esters is 1. The number of allylic oxidation sites excluding steroid dienone is 6. The van der Waals surface area contributed by atoms with Gasteiger partial charge in [-0.1, -0.05) is 12.2 Å². The van der Waals surface area contributed by atoms with Gasteiger partial charge in [-0.3, -0.25) is 4.90 Å². The van der Waals surface area contributed by atoms with Crippen molar-refractivity contribution in [1.29, 1.82) is 0 Å². The summed E-state index contributed by atoms with van der Waals surface area (Å²) in [7, 11) is 1.32. The number of carbonyl (C=O) groups excluding carboxylic acids is 2. The summed E-state index contributed by atoms with van der Waals surface area (Å²) in [5.74, 6) is 0.150. The van der Waals surface area contributed by atoms with Crippen LogP contribution in [0.2, 0.25) is 0 Å². The van der Waals surface area contributed by atoms with Crippen LogP contribution >= 0.6 is 0 Å². The Morgan fingerprint density at radius 3 is 2.68 bits per heavy atom. The smallest absolute Gasteiger partial charge is 0.411 e. The van der Waals surface area contributed by atoms with Gasteiger partial charge in [0.1, 0.15) is 18.0 Å². The fourth-order valence-corrected chi connectivity index (χ4v) is 4.20. The number of methoxy groups -OCH3 is 1. The van der Waals surface area contributed by atoms with E-state index in [9.17, 15) is 14.0 Å². The van der Waals surface area contributed by atoms with Gasteiger partial charge >= 0.3 is 12.1 Å². The number of rotatable bonds is 4. The van der Waals surface area contributed by atoms with Crippen molar-refractivity contribution in [3.05, 3.63) is 46.5 Å². The molecule has 0 saturated carbocycles. The second-order valence-electron chi connectivity index (χ2n) is 9.22. The average Bonchev–Trinajstić information content (AvgIpc) is 2.72. The molecule has 1 fully saturated rings. The summed E-state index contributed by atoms with van der Waals surface area (Å²) in [5, 5.41) is 0. The number of likely N-dealkylation sites (tertiary alicyclic amines) is 1. The molecule has 1 amide bonds. The standard InChI is InChI=1S/C24H32FNO5/c1-15-7-6-8-17(20(15)25)14-30-18-9-10-19-16(13-18)11-12-26(21(19)22(27)29-5)23(28)31-24(2,3)4/h7,9-10,16,21H,6,8,11-14H2,1-5H3/t16?,21-/m1/s1. The molecule has 1 aliphatic heterocycles. The molecular weight excluding hydrogens is 401 g/mol. The maximum atomic E-state index is 14.3. The zero-order valence-corrected chi connectivity index (χ0v) is 19.0. The topological polar surface area (TPSA) is 65.1 Å². The van der Waals surface area contributed by atoms with Crippen molar-refractivity contribution in [2.24, 2.45) is 5.92 Å². The van der Waals surface area contributed by atoms with Crippen molar-refractivity contribution in [3.63, 3.8) is 0 Å². The minimum atomic E-state index is -0.817. The normalized spacial score (nSPS) is 23.9. The number of ether oxygens (including phenoxy) is 3. The molecule has 1 heterocycles. The van der Waals surface area contributed by atoms with Crippen LogP contribution in [0.15, 0.2) is 46.5 Å². The third-order valence-corrected chi connectivity index (χ3v) is 5.76. The highest BCUT2D eigenvalue weighted by atomic mass is 19.1. The van der Waals surface area contributed by atoms with E-state index in [0.29, 0.717) is 37.0 Å². The molecule has 3 rings (SSSR count). The van der Waals surface area contributed by atoms with Crippen molar-refractivity contribution in [2.45, 2.75) is 65.0 Å². The first-order chi connectivity index (χ1) is 14.6. The molecule has 0 aromatic rings. The van der Waals surface area contributed by atoms with Crippen LogP contribution in [-0.2, 0) is 19.0 Å². The van der Waals surface area contributed by atoms with Crippen molar-refractivity contribution in [1.82, 2.24) is 4.90 Å². The highest BCUT2D eigenvalue weighted by molar-refractivity contribution is 5.85. The molecule has 3 aliphatic rings. The third kappa shape index (κ3) is 5.38. The summed E-state index contributed by atoms with van der Waals surface area (Å²) in [4.78, 5) is 26.7. The minimum Gasteiger partial charge on any atom is -0.493 e. The summed E-state index contributed by atoms with van der Waals surface area (Å²) >= 11 is 0. The van der Waals surface area contributed by atoms with Crippen molar-refractivity contribution < 1.29 is 28.2 Å². The minimum absolute atomic E-state index is 0.0506. The van der Waals surface area contributed by atoms with Crippen molar-refractivity contribution >= 4 is 12.1 Å². The summed E-state index contributed by atoms with van der Waals surface area (Å²) in [6.45, 7) is 7.75. The quantitative estimate of drug-likeness (QED) is 0.585. The van der Waals surface area contributed by atoms with Crippen LogP contribution in [0, 0.1) is 5.92 Å². The zero-order valence-electron chi connectivity index (χ0n) is 19.0. The summed E-state index contributed by atoms with van der Waals surface area (Å²) in [6.07, 6.45) is 7.78. The number of hydrogen-bond acceptors (Lipinski definition) is 5. The van der Waals surface area contributed by atoms with E-state index in [1.165, 1.54) is 12.0 Å². The van der Waals surface area contributed by atoms with Crippen LogP contribution < -0.4 is 0 Å². The van der Waals surface area contributed by atoms with Crippen LogP contribution in [0.5, 0.6) is 0 Å². The van der Waals surface area contributed by atoms with Gasteiger partial charge in [-0.15, -0.1) is 0 Å². The van der Waals surface area contributed by atoms with Gasteiger partial charge in [-0.2, -0.15) is 0 Å². The van der Waals surface area contributed by atoms with Gasteiger partial charge in [0.2, 0.25) is 0 Å². The highest BCUT2D eigenvalue weighted by Gasteiger charge is 2.43. The number of amides is 1. The second-order valence-corrected chi connectivity index (χ2v) is 9.22. The van der Waals surface area contributed by atoms with E-state index >= 15 is 0 Å². The average molecular weight is 434 g/mol. The largest absolute Gasteiger partial charge is 0.493 e. The Bertz CT molecular complexity index is 862. The summed E-state index contributed by atoms with van der Waals surface area (Å²) < 4.78 is 30.7. The fraction of sp³-hybridized carbons (Fsp3) is 0.583. The van der Waals surface area contributed by atoms with E-state index in [4.69, 9.17) is 14.2 Å².